The Morgan fingerprint density at radius 1 is 1.11 bits per heavy atom. The zero-order valence-electron chi connectivity index (χ0n) is 10.4. The third-order valence-corrected chi connectivity index (χ3v) is 2.58. The van der Waals surface area contributed by atoms with E-state index >= 15 is 0 Å². The number of rotatable bonds is 7. The molecule has 1 rings (SSSR count). The van der Waals surface area contributed by atoms with Crippen LogP contribution in [0, 0.1) is 0 Å². The van der Waals surface area contributed by atoms with Gasteiger partial charge in [0.1, 0.15) is 0 Å². The standard InChI is InChI=1S/C13H18F3NO/c1-18-10-9-17-8-2-3-11-4-6-12(7-5-11)13(14,15)16/h4-7,17H,2-3,8-10H2,1H3. The zero-order valence-corrected chi connectivity index (χ0v) is 10.4. The maximum Gasteiger partial charge on any atom is 0.416 e. The first-order chi connectivity index (χ1) is 8.54. The van der Waals surface area contributed by atoms with Gasteiger partial charge < -0.3 is 10.1 Å². The fourth-order valence-corrected chi connectivity index (χ4v) is 1.58. The topological polar surface area (TPSA) is 21.3 Å². The Bertz CT molecular complexity index is 335. The molecule has 0 aliphatic rings. The summed E-state index contributed by atoms with van der Waals surface area (Å²) in [5.41, 5.74) is 0.334. The Morgan fingerprint density at radius 2 is 1.78 bits per heavy atom. The van der Waals surface area contributed by atoms with Crippen LogP contribution in [0.1, 0.15) is 17.5 Å². The Labute approximate surface area is 105 Å². The predicted molar refractivity (Wildman–Crippen MR) is 64.5 cm³/mol. The van der Waals surface area contributed by atoms with Gasteiger partial charge in [-0.2, -0.15) is 13.2 Å². The van der Waals surface area contributed by atoms with Crippen LogP contribution in [0.4, 0.5) is 13.2 Å². The quantitative estimate of drug-likeness (QED) is 0.762. The van der Waals surface area contributed by atoms with Crippen LogP contribution in [-0.2, 0) is 17.3 Å². The van der Waals surface area contributed by atoms with Crippen molar-refractivity contribution in [3.8, 4) is 0 Å². The average Bonchev–Trinajstić information content (AvgIpc) is 2.33. The van der Waals surface area contributed by atoms with E-state index in [0.29, 0.717) is 6.61 Å². The summed E-state index contributed by atoms with van der Waals surface area (Å²) in [5, 5.41) is 3.19. The van der Waals surface area contributed by atoms with E-state index in [2.05, 4.69) is 5.32 Å². The monoisotopic (exact) mass is 261 g/mol. The molecule has 1 aromatic carbocycles. The van der Waals surface area contributed by atoms with Gasteiger partial charge in [0, 0.05) is 13.7 Å². The van der Waals surface area contributed by atoms with E-state index in [1.807, 2.05) is 0 Å². The van der Waals surface area contributed by atoms with Crippen molar-refractivity contribution in [3.05, 3.63) is 35.4 Å². The lowest BCUT2D eigenvalue weighted by molar-refractivity contribution is -0.137. The van der Waals surface area contributed by atoms with E-state index in [0.717, 1.165) is 43.6 Å². The molecule has 2 nitrogen and oxygen atoms in total. The second kappa shape index (κ2) is 7.38. The minimum absolute atomic E-state index is 0.593. The summed E-state index contributed by atoms with van der Waals surface area (Å²) < 4.78 is 41.9. The van der Waals surface area contributed by atoms with Crippen molar-refractivity contribution < 1.29 is 17.9 Å². The number of nitrogens with one attached hydrogen (secondary N) is 1. The van der Waals surface area contributed by atoms with Crippen molar-refractivity contribution in [2.75, 3.05) is 26.8 Å². The largest absolute Gasteiger partial charge is 0.416 e. The SMILES string of the molecule is COCCNCCCc1ccc(C(F)(F)F)cc1. The molecule has 102 valence electrons. The van der Waals surface area contributed by atoms with Crippen molar-refractivity contribution in [3.63, 3.8) is 0 Å². The molecule has 0 amide bonds. The average molecular weight is 261 g/mol. The van der Waals surface area contributed by atoms with Crippen LogP contribution in [0.2, 0.25) is 0 Å². The van der Waals surface area contributed by atoms with E-state index in [4.69, 9.17) is 4.74 Å². The van der Waals surface area contributed by atoms with Gasteiger partial charge in [0.05, 0.1) is 12.2 Å². The van der Waals surface area contributed by atoms with Gasteiger partial charge in [-0.15, -0.1) is 0 Å². The van der Waals surface area contributed by atoms with Crippen LogP contribution < -0.4 is 5.32 Å². The van der Waals surface area contributed by atoms with Gasteiger partial charge in [0.2, 0.25) is 0 Å². The molecule has 0 saturated heterocycles. The summed E-state index contributed by atoms with van der Waals surface area (Å²) in [4.78, 5) is 0. The lowest BCUT2D eigenvalue weighted by atomic mass is 10.1. The lowest BCUT2D eigenvalue weighted by Crippen LogP contribution is -2.20. The molecule has 1 N–H and O–H groups in total. The summed E-state index contributed by atoms with van der Waals surface area (Å²) in [5.74, 6) is 0. The predicted octanol–water partition coefficient (Wildman–Crippen LogP) is 2.87. The summed E-state index contributed by atoms with van der Waals surface area (Å²) in [6.45, 7) is 2.30. The number of hydrogen-bond acceptors (Lipinski definition) is 2. The molecule has 0 aliphatic carbocycles. The number of hydrogen-bond donors (Lipinski definition) is 1. The lowest BCUT2D eigenvalue weighted by Gasteiger charge is -2.08. The van der Waals surface area contributed by atoms with Gasteiger partial charge in [-0.25, -0.2) is 0 Å². The fraction of sp³-hybridized carbons (Fsp3) is 0.538. The summed E-state index contributed by atoms with van der Waals surface area (Å²) in [6, 6.07) is 5.34. The molecule has 18 heavy (non-hydrogen) atoms. The van der Waals surface area contributed by atoms with Crippen molar-refractivity contribution in [2.45, 2.75) is 19.0 Å². The number of benzene rings is 1. The van der Waals surface area contributed by atoms with Crippen LogP contribution in [-0.4, -0.2) is 26.8 Å². The van der Waals surface area contributed by atoms with Crippen molar-refractivity contribution in [1.29, 1.82) is 0 Å². The number of methoxy groups -OCH3 is 1. The van der Waals surface area contributed by atoms with Crippen molar-refractivity contribution in [2.24, 2.45) is 0 Å². The second-order valence-corrected chi connectivity index (χ2v) is 4.04. The molecule has 1 aromatic rings. The molecule has 0 radical (unpaired) electrons. The Hall–Kier alpha value is -1.07. The molecule has 0 heterocycles. The molecule has 0 unspecified atom stereocenters. The third-order valence-electron chi connectivity index (χ3n) is 2.58. The minimum Gasteiger partial charge on any atom is -0.383 e. The minimum atomic E-state index is -4.25. The number of halogens is 3. The molecule has 0 bridgehead atoms. The first-order valence-corrected chi connectivity index (χ1v) is 5.90. The Morgan fingerprint density at radius 3 is 2.33 bits per heavy atom. The van der Waals surface area contributed by atoms with E-state index in [9.17, 15) is 13.2 Å². The molecule has 0 saturated carbocycles. The summed E-state index contributed by atoms with van der Waals surface area (Å²) >= 11 is 0. The highest BCUT2D eigenvalue weighted by molar-refractivity contribution is 5.24. The summed E-state index contributed by atoms with van der Waals surface area (Å²) in [6.07, 6.45) is -2.58. The normalized spacial score (nSPS) is 11.8. The van der Waals surface area contributed by atoms with Gasteiger partial charge in [0.15, 0.2) is 0 Å². The van der Waals surface area contributed by atoms with Crippen LogP contribution in [0.15, 0.2) is 24.3 Å². The smallest absolute Gasteiger partial charge is 0.383 e. The Balaban J connectivity index is 2.27. The van der Waals surface area contributed by atoms with Crippen molar-refractivity contribution in [1.82, 2.24) is 5.32 Å². The maximum atomic E-state index is 12.3. The van der Waals surface area contributed by atoms with Gasteiger partial charge in [-0.3, -0.25) is 0 Å². The highest BCUT2D eigenvalue weighted by atomic mass is 19.4. The summed E-state index contributed by atoms with van der Waals surface area (Å²) in [7, 11) is 1.64. The van der Waals surface area contributed by atoms with E-state index in [-0.39, 0.29) is 0 Å². The molecule has 0 aromatic heterocycles. The maximum absolute atomic E-state index is 12.3. The van der Waals surface area contributed by atoms with Gasteiger partial charge in [-0.05, 0) is 37.1 Å². The molecule has 0 aliphatic heterocycles. The highest BCUT2D eigenvalue weighted by Gasteiger charge is 2.29. The van der Waals surface area contributed by atoms with Crippen LogP contribution in [0.5, 0.6) is 0 Å². The first kappa shape index (κ1) is 15.0. The van der Waals surface area contributed by atoms with E-state index in [1.54, 1.807) is 7.11 Å². The second-order valence-electron chi connectivity index (χ2n) is 4.04. The van der Waals surface area contributed by atoms with Crippen LogP contribution in [0.25, 0.3) is 0 Å². The first-order valence-electron chi connectivity index (χ1n) is 5.90. The molecular weight excluding hydrogens is 243 g/mol. The van der Waals surface area contributed by atoms with E-state index in [1.165, 1.54) is 12.1 Å². The fourth-order valence-electron chi connectivity index (χ4n) is 1.58. The highest BCUT2D eigenvalue weighted by Crippen LogP contribution is 2.29. The Kier molecular flexibility index (Phi) is 6.15. The number of aryl methyl sites for hydroxylation is 1. The molecule has 0 atom stereocenters. The zero-order chi connectivity index (χ0) is 13.4. The van der Waals surface area contributed by atoms with Crippen LogP contribution >= 0.6 is 0 Å². The van der Waals surface area contributed by atoms with Crippen LogP contribution in [0.3, 0.4) is 0 Å². The van der Waals surface area contributed by atoms with E-state index < -0.39 is 11.7 Å². The molecule has 0 spiro atoms. The van der Waals surface area contributed by atoms with Crippen molar-refractivity contribution >= 4 is 0 Å². The molecular formula is C13H18F3NO. The molecule has 5 heteroatoms. The number of alkyl halides is 3. The number of ether oxygens (including phenoxy) is 1. The third kappa shape index (κ3) is 5.51. The van der Waals surface area contributed by atoms with Gasteiger partial charge in [-0.1, -0.05) is 12.1 Å². The molecule has 0 fully saturated rings. The van der Waals surface area contributed by atoms with Gasteiger partial charge >= 0.3 is 6.18 Å². The van der Waals surface area contributed by atoms with Gasteiger partial charge in [0.25, 0.3) is 0 Å².